The molecular weight excluding hydrogens is 516 g/mol. The molecule has 0 aliphatic carbocycles. The molecule has 9 heteroatoms. The van der Waals surface area contributed by atoms with Crippen molar-refractivity contribution in [3.05, 3.63) is 64.7 Å². The molecule has 39 heavy (non-hydrogen) atoms. The van der Waals surface area contributed by atoms with Crippen LogP contribution in [0.5, 0.6) is 11.5 Å². The van der Waals surface area contributed by atoms with Crippen molar-refractivity contribution in [2.45, 2.75) is 33.6 Å². The maximum Gasteiger partial charge on any atom is 0.336 e. The lowest BCUT2D eigenvalue weighted by molar-refractivity contribution is -0.146. The lowest BCUT2D eigenvalue weighted by atomic mass is 9.74. The van der Waals surface area contributed by atoms with Crippen LogP contribution in [0.4, 0.5) is 0 Å². The van der Waals surface area contributed by atoms with Crippen LogP contribution in [0.25, 0.3) is 21.8 Å². The van der Waals surface area contributed by atoms with E-state index in [1.54, 1.807) is 41.9 Å². The topological polar surface area (TPSA) is 96.3 Å². The number of esters is 2. The maximum atomic E-state index is 13.3. The Morgan fingerprint density at radius 2 is 1.69 bits per heavy atom. The number of allylic oxidation sites excluding steroid dienone is 1. The first-order valence-electron chi connectivity index (χ1n) is 12.7. The fourth-order valence-electron chi connectivity index (χ4n) is 4.88. The van der Waals surface area contributed by atoms with Gasteiger partial charge in [-0.2, -0.15) is 0 Å². The minimum atomic E-state index is -0.785. The molecule has 0 N–H and O–H groups in total. The van der Waals surface area contributed by atoms with Crippen molar-refractivity contribution in [1.82, 2.24) is 4.98 Å². The normalized spacial score (nSPS) is 16.9. The monoisotopic (exact) mass is 548 g/mol. The lowest BCUT2D eigenvalue weighted by Crippen LogP contribution is -2.36. The largest absolute Gasteiger partial charge is 0.497 e. The van der Waals surface area contributed by atoms with Crippen molar-refractivity contribution in [2.24, 2.45) is 10.9 Å². The van der Waals surface area contributed by atoms with Crippen molar-refractivity contribution in [3.63, 3.8) is 0 Å². The molecule has 2 aromatic carbocycles. The molecular formula is C30H32N2O6S. The van der Waals surface area contributed by atoms with Gasteiger partial charge in [0.25, 0.3) is 0 Å². The molecule has 0 radical (unpaired) electrons. The average Bonchev–Trinajstić information content (AvgIpc) is 3.42. The SMILES string of the molecule is CCOC(=O)C1=C(C)N=C(C)C(C(=O)OCC)C1c1ccccc1-c1nc(-c2cc(OC)ccc2OC)cs1. The third kappa shape index (κ3) is 5.59. The van der Waals surface area contributed by atoms with E-state index in [1.807, 2.05) is 47.8 Å². The summed E-state index contributed by atoms with van der Waals surface area (Å²) in [4.78, 5) is 36.0. The van der Waals surface area contributed by atoms with Gasteiger partial charge >= 0.3 is 11.9 Å². The summed E-state index contributed by atoms with van der Waals surface area (Å²) in [5.41, 5.74) is 4.54. The number of benzene rings is 2. The number of aromatic nitrogens is 1. The second-order valence-corrected chi connectivity index (χ2v) is 9.73. The highest BCUT2D eigenvalue weighted by molar-refractivity contribution is 7.13. The summed E-state index contributed by atoms with van der Waals surface area (Å²) in [5.74, 6) is -1.02. The van der Waals surface area contributed by atoms with Crippen molar-refractivity contribution in [2.75, 3.05) is 27.4 Å². The number of ether oxygens (including phenoxy) is 4. The summed E-state index contributed by atoms with van der Waals surface area (Å²) in [6.07, 6.45) is 0. The van der Waals surface area contributed by atoms with Gasteiger partial charge in [-0.05, 0) is 51.5 Å². The third-order valence-corrected chi connectivity index (χ3v) is 7.45. The molecule has 204 valence electrons. The van der Waals surface area contributed by atoms with E-state index in [0.29, 0.717) is 28.5 Å². The Hall–Kier alpha value is -3.98. The fourth-order valence-corrected chi connectivity index (χ4v) is 5.75. The smallest absolute Gasteiger partial charge is 0.336 e. The van der Waals surface area contributed by atoms with Gasteiger partial charge in [-0.15, -0.1) is 11.3 Å². The number of carbonyl (C=O) groups excluding carboxylic acids is 2. The molecule has 0 saturated carbocycles. The molecule has 4 rings (SSSR count). The van der Waals surface area contributed by atoms with Crippen molar-refractivity contribution in [3.8, 4) is 33.3 Å². The summed E-state index contributed by atoms with van der Waals surface area (Å²) < 4.78 is 21.9. The molecule has 0 fully saturated rings. The fraction of sp³-hybridized carbons (Fsp3) is 0.333. The zero-order chi connectivity index (χ0) is 28.1. The minimum Gasteiger partial charge on any atom is -0.497 e. The zero-order valence-corrected chi connectivity index (χ0v) is 23.8. The van der Waals surface area contributed by atoms with Crippen LogP contribution in [0.2, 0.25) is 0 Å². The van der Waals surface area contributed by atoms with Crippen LogP contribution < -0.4 is 9.47 Å². The second kappa shape index (κ2) is 12.3. The molecule has 0 spiro atoms. The Bertz CT molecular complexity index is 1440. The molecule has 0 amide bonds. The van der Waals surface area contributed by atoms with Crippen LogP contribution in [0.15, 0.2) is 64.1 Å². The van der Waals surface area contributed by atoms with Gasteiger partial charge in [-0.25, -0.2) is 9.78 Å². The number of carbonyl (C=O) groups is 2. The van der Waals surface area contributed by atoms with Crippen LogP contribution in [0.1, 0.15) is 39.2 Å². The molecule has 2 heterocycles. The summed E-state index contributed by atoms with van der Waals surface area (Å²) in [5, 5.41) is 2.68. The van der Waals surface area contributed by atoms with Gasteiger partial charge in [0, 0.05) is 33.8 Å². The molecule has 1 aliphatic heterocycles. The molecule has 0 saturated heterocycles. The zero-order valence-electron chi connectivity index (χ0n) is 22.9. The number of hydrogen-bond donors (Lipinski definition) is 0. The van der Waals surface area contributed by atoms with Gasteiger partial charge in [0.2, 0.25) is 0 Å². The van der Waals surface area contributed by atoms with E-state index >= 15 is 0 Å². The Morgan fingerprint density at radius 1 is 0.949 bits per heavy atom. The number of methoxy groups -OCH3 is 2. The van der Waals surface area contributed by atoms with Gasteiger partial charge in [0.05, 0.1) is 38.7 Å². The van der Waals surface area contributed by atoms with Gasteiger partial charge in [0.1, 0.15) is 22.4 Å². The summed E-state index contributed by atoms with van der Waals surface area (Å²) in [6, 6.07) is 13.2. The van der Waals surface area contributed by atoms with Gasteiger partial charge in [-0.3, -0.25) is 9.79 Å². The molecule has 0 bridgehead atoms. The van der Waals surface area contributed by atoms with Crippen molar-refractivity contribution < 1.29 is 28.5 Å². The first kappa shape index (κ1) is 28.0. The predicted molar refractivity (Wildman–Crippen MR) is 151 cm³/mol. The Kier molecular flexibility index (Phi) is 8.81. The molecule has 2 atom stereocenters. The van der Waals surface area contributed by atoms with Gasteiger partial charge in [0.15, 0.2) is 0 Å². The molecule has 8 nitrogen and oxygen atoms in total. The minimum absolute atomic E-state index is 0.203. The highest BCUT2D eigenvalue weighted by atomic mass is 32.1. The molecule has 2 unspecified atom stereocenters. The number of hydrogen-bond acceptors (Lipinski definition) is 9. The van der Waals surface area contributed by atoms with Crippen LogP contribution in [0, 0.1) is 5.92 Å². The van der Waals surface area contributed by atoms with Gasteiger partial charge in [-0.1, -0.05) is 24.3 Å². The number of aliphatic imine (C=N–C) groups is 1. The highest BCUT2D eigenvalue weighted by Crippen LogP contribution is 2.45. The number of rotatable bonds is 9. The molecule has 1 aromatic heterocycles. The second-order valence-electron chi connectivity index (χ2n) is 8.87. The average molecular weight is 549 g/mol. The van der Waals surface area contributed by atoms with E-state index in [4.69, 9.17) is 23.9 Å². The van der Waals surface area contributed by atoms with Crippen molar-refractivity contribution >= 4 is 29.0 Å². The molecule has 3 aromatic rings. The summed E-state index contributed by atoms with van der Waals surface area (Å²) in [6.45, 7) is 7.48. The van der Waals surface area contributed by atoms with E-state index in [-0.39, 0.29) is 13.2 Å². The number of thiazole rings is 1. The first-order chi connectivity index (χ1) is 18.8. The standard InChI is InChI=1S/C30H32N2O6S/c1-7-37-29(33)25-17(3)31-18(4)26(30(34)38-8-2)27(25)20-11-9-10-12-21(20)28-32-23(16-39-28)22-15-19(35-5)13-14-24(22)36-6/h9-16,25,27H,7-8H2,1-6H3. The predicted octanol–water partition coefficient (Wildman–Crippen LogP) is 6.07. The van der Waals surface area contributed by atoms with E-state index < -0.39 is 23.8 Å². The van der Waals surface area contributed by atoms with E-state index in [0.717, 1.165) is 27.4 Å². The van der Waals surface area contributed by atoms with E-state index in [2.05, 4.69) is 4.99 Å². The van der Waals surface area contributed by atoms with Crippen molar-refractivity contribution in [1.29, 1.82) is 0 Å². The van der Waals surface area contributed by atoms with Gasteiger partial charge < -0.3 is 18.9 Å². The van der Waals surface area contributed by atoms with Crippen LogP contribution in [-0.2, 0) is 19.1 Å². The quantitative estimate of drug-likeness (QED) is 0.300. The Morgan fingerprint density at radius 3 is 2.38 bits per heavy atom. The Labute approximate surface area is 232 Å². The summed E-state index contributed by atoms with van der Waals surface area (Å²) >= 11 is 1.46. The highest BCUT2D eigenvalue weighted by Gasteiger charge is 2.43. The van der Waals surface area contributed by atoms with E-state index in [9.17, 15) is 9.59 Å². The first-order valence-corrected chi connectivity index (χ1v) is 13.6. The van der Waals surface area contributed by atoms with Crippen LogP contribution in [0.3, 0.4) is 0 Å². The Balaban J connectivity index is 1.88. The lowest BCUT2D eigenvalue weighted by Gasteiger charge is -2.32. The molecule has 1 aliphatic rings. The van der Waals surface area contributed by atoms with Crippen LogP contribution >= 0.6 is 11.3 Å². The number of nitrogens with zero attached hydrogens (tertiary/aromatic N) is 2. The van der Waals surface area contributed by atoms with E-state index in [1.165, 1.54) is 11.3 Å². The van der Waals surface area contributed by atoms with Crippen LogP contribution in [-0.4, -0.2) is 50.1 Å². The summed E-state index contributed by atoms with van der Waals surface area (Å²) in [7, 11) is 3.22. The third-order valence-electron chi connectivity index (χ3n) is 6.58. The maximum absolute atomic E-state index is 13.3.